The lowest BCUT2D eigenvalue weighted by molar-refractivity contribution is -0.104. The largest absolute Gasteiger partial charge is 0.361 e. The maximum absolute atomic E-state index is 10.2. The zero-order chi connectivity index (χ0) is 8.81. The SMILES string of the molecule is CC(C=O)=CNc1ccccc1. The molecule has 62 valence electrons. The van der Waals surface area contributed by atoms with Crippen molar-refractivity contribution < 1.29 is 4.79 Å². The molecular weight excluding hydrogens is 150 g/mol. The van der Waals surface area contributed by atoms with Crippen molar-refractivity contribution in [3.63, 3.8) is 0 Å². The highest BCUT2D eigenvalue weighted by molar-refractivity contribution is 5.73. The molecule has 2 heteroatoms. The Morgan fingerprint density at radius 3 is 2.58 bits per heavy atom. The summed E-state index contributed by atoms with van der Waals surface area (Å²) >= 11 is 0. The summed E-state index contributed by atoms with van der Waals surface area (Å²) in [6.45, 7) is 1.75. The second kappa shape index (κ2) is 4.34. The summed E-state index contributed by atoms with van der Waals surface area (Å²) in [6.07, 6.45) is 2.50. The van der Waals surface area contributed by atoms with E-state index in [2.05, 4.69) is 5.32 Å². The van der Waals surface area contributed by atoms with Crippen LogP contribution in [0.1, 0.15) is 6.92 Å². The Morgan fingerprint density at radius 2 is 2.00 bits per heavy atom. The van der Waals surface area contributed by atoms with Gasteiger partial charge in [0.15, 0.2) is 0 Å². The number of nitrogens with one attached hydrogen (secondary N) is 1. The van der Waals surface area contributed by atoms with Crippen LogP contribution in [0.25, 0.3) is 0 Å². The summed E-state index contributed by atoms with van der Waals surface area (Å²) in [5.74, 6) is 0. The Bertz CT molecular complexity index is 277. The van der Waals surface area contributed by atoms with Crippen molar-refractivity contribution >= 4 is 12.0 Å². The molecule has 0 radical (unpaired) electrons. The molecule has 1 aromatic carbocycles. The van der Waals surface area contributed by atoms with Crippen LogP contribution in [0, 0.1) is 0 Å². The molecule has 1 rings (SSSR count). The van der Waals surface area contributed by atoms with Crippen LogP contribution in [-0.4, -0.2) is 6.29 Å². The van der Waals surface area contributed by atoms with Crippen LogP contribution in [0.2, 0.25) is 0 Å². The fraction of sp³-hybridized carbons (Fsp3) is 0.100. The first kappa shape index (κ1) is 8.53. The number of hydrogen-bond acceptors (Lipinski definition) is 2. The molecule has 0 aromatic heterocycles. The normalized spacial score (nSPS) is 10.9. The molecule has 0 atom stereocenters. The standard InChI is InChI=1S/C10H11NO/c1-9(8-12)7-11-10-5-3-2-4-6-10/h2-8,11H,1H3. The molecule has 0 aliphatic heterocycles. The number of anilines is 1. The summed E-state index contributed by atoms with van der Waals surface area (Å²) in [6, 6.07) is 9.70. The van der Waals surface area contributed by atoms with Gasteiger partial charge in [-0.2, -0.15) is 0 Å². The van der Waals surface area contributed by atoms with E-state index in [1.165, 1.54) is 0 Å². The molecule has 0 spiro atoms. The average molecular weight is 161 g/mol. The van der Waals surface area contributed by atoms with Gasteiger partial charge in [0.05, 0.1) is 0 Å². The quantitative estimate of drug-likeness (QED) is 0.544. The van der Waals surface area contributed by atoms with Crippen molar-refractivity contribution in [1.29, 1.82) is 0 Å². The number of carbonyl (C=O) groups is 1. The van der Waals surface area contributed by atoms with Crippen LogP contribution in [0.15, 0.2) is 42.1 Å². The summed E-state index contributed by atoms with van der Waals surface area (Å²) in [5.41, 5.74) is 1.66. The van der Waals surface area contributed by atoms with Gasteiger partial charge in [0, 0.05) is 17.5 Å². The third kappa shape index (κ3) is 2.58. The molecule has 12 heavy (non-hydrogen) atoms. The van der Waals surface area contributed by atoms with Crippen LogP contribution in [0.4, 0.5) is 5.69 Å². The van der Waals surface area contributed by atoms with Crippen LogP contribution in [-0.2, 0) is 4.79 Å². The molecule has 0 unspecified atom stereocenters. The van der Waals surface area contributed by atoms with Crippen molar-refractivity contribution in [2.24, 2.45) is 0 Å². The molecule has 0 saturated heterocycles. The van der Waals surface area contributed by atoms with Crippen LogP contribution < -0.4 is 5.32 Å². The molecule has 0 saturated carbocycles. The Balaban J connectivity index is 2.60. The van der Waals surface area contributed by atoms with E-state index in [1.54, 1.807) is 13.1 Å². The monoisotopic (exact) mass is 161 g/mol. The number of rotatable bonds is 3. The molecule has 0 fully saturated rings. The molecule has 0 amide bonds. The van der Waals surface area contributed by atoms with E-state index < -0.39 is 0 Å². The van der Waals surface area contributed by atoms with Gasteiger partial charge in [0.2, 0.25) is 0 Å². The zero-order valence-electron chi connectivity index (χ0n) is 6.95. The second-order valence-electron chi connectivity index (χ2n) is 2.52. The van der Waals surface area contributed by atoms with Gasteiger partial charge in [-0.05, 0) is 19.1 Å². The van der Waals surface area contributed by atoms with E-state index >= 15 is 0 Å². The first-order valence-corrected chi connectivity index (χ1v) is 3.76. The number of allylic oxidation sites excluding steroid dienone is 1. The summed E-state index contributed by atoms with van der Waals surface area (Å²) in [4.78, 5) is 10.2. The third-order valence-corrected chi connectivity index (χ3v) is 1.43. The Labute approximate surface area is 71.9 Å². The highest BCUT2D eigenvalue weighted by atomic mass is 16.1. The summed E-state index contributed by atoms with van der Waals surface area (Å²) in [7, 11) is 0. The van der Waals surface area contributed by atoms with E-state index in [1.807, 2.05) is 30.3 Å². The zero-order valence-corrected chi connectivity index (χ0v) is 6.95. The third-order valence-electron chi connectivity index (χ3n) is 1.43. The number of hydrogen-bond donors (Lipinski definition) is 1. The fourth-order valence-corrected chi connectivity index (χ4v) is 0.766. The van der Waals surface area contributed by atoms with Crippen molar-refractivity contribution in [3.8, 4) is 0 Å². The van der Waals surface area contributed by atoms with Gasteiger partial charge in [0.25, 0.3) is 0 Å². The first-order chi connectivity index (χ1) is 5.83. The van der Waals surface area contributed by atoms with Gasteiger partial charge < -0.3 is 5.32 Å². The molecule has 0 aliphatic rings. The molecule has 0 aliphatic carbocycles. The van der Waals surface area contributed by atoms with E-state index in [9.17, 15) is 4.79 Å². The molecule has 0 bridgehead atoms. The molecule has 0 heterocycles. The van der Waals surface area contributed by atoms with E-state index in [4.69, 9.17) is 0 Å². The Morgan fingerprint density at radius 1 is 1.33 bits per heavy atom. The smallest absolute Gasteiger partial charge is 0.147 e. The van der Waals surface area contributed by atoms with Crippen LogP contribution in [0.3, 0.4) is 0 Å². The van der Waals surface area contributed by atoms with Gasteiger partial charge >= 0.3 is 0 Å². The lowest BCUT2D eigenvalue weighted by Crippen LogP contribution is -1.89. The topological polar surface area (TPSA) is 29.1 Å². The predicted octanol–water partition coefficient (Wildman–Crippen LogP) is 2.20. The molecular formula is C10H11NO. The van der Waals surface area contributed by atoms with Crippen molar-refractivity contribution in [3.05, 3.63) is 42.1 Å². The molecule has 1 N–H and O–H groups in total. The van der Waals surface area contributed by atoms with Crippen LogP contribution >= 0.6 is 0 Å². The fourth-order valence-electron chi connectivity index (χ4n) is 0.766. The minimum Gasteiger partial charge on any atom is -0.361 e. The minimum absolute atomic E-state index is 0.679. The number of carbonyl (C=O) groups excluding carboxylic acids is 1. The van der Waals surface area contributed by atoms with Crippen molar-refractivity contribution in [2.45, 2.75) is 6.92 Å². The van der Waals surface area contributed by atoms with Gasteiger partial charge in [-0.15, -0.1) is 0 Å². The van der Waals surface area contributed by atoms with Gasteiger partial charge in [-0.25, -0.2) is 0 Å². The van der Waals surface area contributed by atoms with E-state index in [0.29, 0.717) is 5.57 Å². The van der Waals surface area contributed by atoms with Crippen molar-refractivity contribution in [2.75, 3.05) is 5.32 Å². The van der Waals surface area contributed by atoms with Gasteiger partial charge in [-0.3, -0.25) is 4.79 Å². The Kier molecular flexibility index (Phi) is 3.08. The highest BCUT2D eigenvalue weighted by Gasteiger charge is 1.85. The Hall–Kier alpha value is -1.57. The maximum Gasteiger partial charge on any atom is 0.147 e. The highest BCUT2D eigenvalue weighted by Crippen LogP contribution is 2.04. The first-order valence-electron chi connectivity index (χ1n) is 3.76. The summed E-state index contributed by atoms with van der Waals surface area (Å²) in [5, 5.41) is 3.00. The number of para-hydroxylation sites is 1. The van der Waals surface area contributed by atoms with Crippen LogP contribution in [0.5, 0.6) is 0 Å². The lowest BCUT2D eigenvalue weighted by atomic mass is 10.3. The predicted molar refractivity (Wildman–Crippen MR) is 49.9 cm³/mol. The second-order valence-corrected chi connectivity index (χ2v) is 2.52. The van der Waals surface area contributed by atoms with Gasteiger partial charge in [-0.1, -0.05) is 18.2 Å². The number of aldehydes is 1. The maximum atomic E-state index is 10.2. The summed E-state index contributed by atoms with van der Waals surface area (Å²) < 4.78 is 0. The van der Waals surface area contributed by atoms with E-state index in [0.717, 1.165) is 12.0 Å². The average Bonchev–Trinajstić information content (AvgIpc) is 2.16. The molecule has 2 nitrogen and oxygen atoms in total. The number of benzene rings is 1. The van der Waals surface area contributed by atoms with Crippen molar-refractivity contribution in [1.82, 2.24) is 0 Å². The van der Waals surface area contributed by atoms with Gasteiger partial charge in [0.1, 0.15) is 6.29 Å². The molecule has 1 aromatic rings. The lowest BCUT2D eigenvalue weighted by Gasteiger charge is -1.98. The minimum atomic E-state index is 0.679. The van der Waals surface area contributed by atoms with E-state index in [-0.39, 0.29) is 0 Å².